The normalized spacial score (nSPS) is 23.1. The number of carbonyl (C=O) groups excluding carboxylic acids is 1. The summed E-state index contributed by atoms with van der Waals surface area (Å²) in [5.74, 6) is -0.152. The second-order valence-electron chi connectivity index (χ2n) is 4.90. The van der Waals surface area contributed by atoms with Crippen LogP contribution in [-0.4, -0.2) is 23.2 Å². The smallest absolute Gasteiger partial charge is 0.224 e. The third-order valence-electron chi connectivity index (χ3n) is 3.47. The standard InChI is InChI=1S/C14H17Cl2NO2/c15-10-4-3-5-11(16)9(10)8-14(19)17-12-6-1-2-7-13(12)18/h3-5,12-13,18H,1-2,6-8H2,(H,17,19). The predicted octanol–water partition coefficient (Wildman–Crippen LogP) is 2.96. The Balaban J connectivity index is 1.97. The zero-order valence-electron chi connectivity index (χ0n) is 10.5. The number of halogens is 2. The minimum atomic E-state index is -0.445. The van der Waals surface area contributed by atoms with E-state index in [9.17, 15) is 9.90 Å². The fourth-order valence-electron chi connectivity index (χ4n) is 2.40. The Morgan fingerprint density at radius 2 is 1.89 bits per heavy atom. The zero-order valence-corrected chi connectivity index (χ0v) is 12.0. The van der Waals surface area contributed by atoms with Crippen LogP contribution in [0.5, 0.6) is 0 Å². The molecule has 0 aliphatic heterocycles. The lowest BCUT2D eigenvalue weighted by Crippen LogP contribution is -2.45. The second kappa shape index (κ2) is 6.60. The van der Waals surface area contributed by atoms with E-state index in [1.165, 1.54) is 0 Å². The Hall–Kier alpha value is -0.770. The maximum atomic E-state index is 12.0. The van der Waals surface area contributed by atoms with Gasteiger partial charge in [-0.2, -0.15) is 0 Å². The number of carbonyl (C=O) groups is 1. The first-order valence-corrected chi connectivity index (χ1v) is 7.24. The van der Waals surface area contributed by atoms with Crippen LogP contribution in [0.15, 0.2) is 18.2 Å². The summed E-state index contributed by atoms with van der Waals surface area (Å²) >= 11 is 12.1. The number of aliphatic hydroxyl groups excluding tert-OH is 1. The van der Waals surface area contributed by atoms with Crippen molar-refractivity contribution in [2.24, 2.45) is 0 Å². The van der Waals surface area contributed by atoms with E-state index < -0.39 is 6.10 Å². The number of benzene rings is 1. The Morgan fingerprint density at radius 1 is 1.26 bits per heavy atom. The molecule has 0 heterocycles. The molecule has 0 aromatic heterocycles. The van der Waals surface area contributed by atoms with Crippen LogP contribution in [-0.2, 0) is 11.2 Å². The van der Waals surface area contributed by atoms with E-state index in [1.54, 1.807) is 18.2 Å². The molecule has 1 aromatic rings. The van der Waals surface area contributed by atoms with Gasteiger partial charge in [0.15, 0.2) is 0 Å². The largest absolute Gasteiger partial charge is 0.391 e. The summed E-state index contributed by atoms with van der Waals surface area (Å²) in [6.07, 6.45) is 3.32. The highest BCUT2D eigenvalue weighted by Gasteiger charge is 2.24. The quantitative estimate of drug-likeness (QED) is 0.902. The van der Waals surface area contributed by atoms with Crippen LogP contribution in [0.1, 0.15) is 31.2 Å². The number of hydrogen-bond acceptors (Lipinski definition) is 2. The summed E-state index contributed by atoms with van der Waals surface area (Å²) in [7, 11) is 0. The highest BCUT2D eigenvalue weighted by atomic mass is 35.5. The summed E-state index contributed by atoms with van der Waals surface area (Å²) in [6, 6.07) is 5.02. The first-order valence-electron chi connectivity index (χ1n) is 6.48. The van der Waals surface area contributed by atoms with Gasteiger partial charge >= 0.3 is 0 Å². The third kappa shape index (κ3) is 3.85. The van der Waals surface area contributed by atoms with Gasteiger partial charge in [-0.15, -0.1) is 0 Å². The average Bonchev–Trinajstić information content (AvgIpc) is 2.37. The highest BCUT2D eigenvalue weighted by Crippen LogP contribution is 2.25. The predicted molar refractivity (Wildman–Crippen MR) is 76.6 cm³/mol. The van der Waals surface area contributed by atoms with Crippen LogP contribution in [0.25, 0.3) is 0 Å². The van der Waals surface area contributed by atoms with Gasteiger partial charge in [-0.1, -0.05) is 42.1 Å². The summed E-state index contributed by atoms with van der Waals surface area (Å²) in [6.45, 7) is 0. The van der Waals surface area contributed by atoms with Crippen molar-refractivity contribution < 1.29 is 9.90 Å². The molecule has 0 spiro atoms. The van der Waals surface area contributed by atoms with Gasteiger partial charge in [-0.3, -0.25) is 4.79 Å². The van der Waals surface area contributed by atoms with E-state index in [0.29, 0.717) is 15.6 Å². The van der Waals surface area contributed by atoms with E-state index in [-0.39, 0.29) is 18.4 Å². The molecule has 104 valence electrons. The Kier molecular flexibility index (Phi) is 5.08. The molecule has 0 radical (unpaired) electrons. The minimum Gasteiger partial charge on any atom is -0.391 e. The monoisotopic (exact) mass is 301 g/mol. The third-order valence-corrected chi connectivity index (χ3v) is 4.18. The van der Waals surface area contributed by atoms with Crippen molar-refractivity contribution >= 4 is 29.1 Å². The van der Waals surface area contributed by atoms with Crippen LogP contribution < -0.4 is 5.32 Å². The van der Waals surface area contributed by atoms with Gasteiger partial charge in [-0.25, -0.2) is 0 Å². The van der Waals surface area contributed by atoms with E-state index in [2.05, 4.69) is 5.32 Å². The molecule has 3 nitrogen and oxygen atoms in total. The maximum Gasteiger partial charge on any atom is 0.224 e. The molecule has 2 N–H and O–H groups in total. The number of hydrogen-bond donors (Lipinski definition) is 2. The molecule has 1 fully saturated rings. The summed E-state index contributed by atoms with van der Waals surface area (Å²) in [5.41, 5.74) is 0.633. The molecule has 0 saturated heterocycles. The molecule has 2 rings (SSSR count). The van der Waals surface area contributed by atoms with Crippen LogP contribution in [0.2, 0.25) is 10.0 Å². The second-order valence-corrected chi connectivity index (χ2v) is 5.72. The molecule has 1 saturated carbocycles. The summed E-state index contributed by atoms with van der Waals surface area (Å²) in [5, 5.41) is 13.7. The van der Waals surface area contributed by atoms with Gasteiger partial charge in [0.05, 0.1) is 18.6 Å². The van der Waals surface area contributed by atoms with Crippen molar-refractivity contribution in [3.05, 3.63) is 33.8 Å². The van der Waals surface area contributed by atoms with Crippen LogP contribution in [0.3, 0.4) is 0 Å². The molecule has 1 aromatic carbocycles. The lowest BCUT2D eigenvalue weighted by molar-refractivity contribution is -0.122. The van der Waals surface area contributed by atoms with Crippen molar-refractivity contribution in [1.82, 2.24) is 5.32 Å². The van der Waals surface area contributed by atoms with Crippen molar-refractivity contribution in [3.63, 3.8) is 0 Å². The van der Waals surface area contributed by atoms with E-state index in [0.717, 1.165) is 25.7 Å². The fourth-order valence-corrected chi connectivity index (χ4v) is 2.93. The maximum absolute atomic E-state index is 12.0. The lowest BCUT2D eigenvalue weighted by Gasteiger charge is -2.28. The number of rotatable bonds is 3. The van der Waals surface area contributed by atoms with Crippen molar-refractivity contribution in [2.45, 2.75) is 44.2 Å². The van der Waals surface area contributed by atoms with Crippen molar-refractivity contribution in [1.29, 1.82) is 0 Å². The number of nitrogens with one attached hydrogen (secondary N) is 1. The molecule has 1 amide bonds. The minimum absolute atomic E-state index is 0.141. The van der Waals surface area contributed by atoms with E-state index in [4.69, 9.17) is 23.2 Å². The molecule has 2 unspecified atom stereocenters. The zero-order chi connectivity index (χ0) is 13.8. The first kappa shape index (κ1) is 14.6. The first-order chi connectivity index (χ1) is 9.08. The van der Waals surface area contributed by atoms with Gasteiger partial charge < -0.3 is 10.4 Å². The molecular formula is C14H17Cl2NO2. The molecule has 2 atom stereocenters. The molecule has 1 aliphatic rings. The van der Waals surface area contributed by atoms with Crippen LogP contribution in [0, 0.1) is 0 Å². The van der Waals surface area contributed by atoms with Gasteiger partial charge in [0.25, 0.3) is 0 Å². The summed E-state index contributed by atoms with van der Waals surface area (Å²) < 4.78 is 0. The lowest BCUT2D eigenvalue weighted by atomic mass is 9.92. The summed E-state index contributed by atoms with van der Waals surface area (Å²) in [4.78, 5) is 12.0. The highest BCUT2D eigenvalue weighted by molar-refractivity contribution is 6.36. The molecule has 0 bridgehead atoms. The number of amides is 1. The average molecular weight is 302 g/mol. The SMILES string of the molecule is O=C(Cc1c(Cl)cccc1Cl)NC1CCCCC1O. The van der Waals surface area contributed by atoms with Crippen LogP contribution in [0.4, 0.5) is 0 Å². The fraction of sp³-hybridized carbons (Fsp3) is 0.500. The number of aliphatic hydroxyl groups is 1. The Labute approximate surface area is 122 Å². The molecular weight excluding hydrogens is 285 g/mol. The van der Waals surface area contributed by atoms with Crippen LogP contribution >= 0.6 is 23.2 Å². The molecule has 19 heavy (non-hydrogen) atoms. The van der Waals surface area contributed by atoms with Gasteiger partial charge in [0.1, 0.15) is 0 Å². The molecule has 1 aliphatic carbocycles. The van der Waals surface area contributed by atoms with Gasteiger partial charge in [-0.05, 0) is 30.5 Å². The van der Waals surface area contributed by atoms with Crippen molar-refractivity contribution in [3.8, 4) is 0 Å². The Morgan fingerprint density at radius 3 is 2.53 bits per heavy atom. The van der Waals surface area contributed by atoms with E-state index >= 15 is 0 Å². The topological polar surface area (TPSA) is 49.3 Å². The Bertz CT molecular complexity index is 445. The van der Waals surface area contributed by atoms with Gasteiger partial charge in [0.2, 0.25) is 5.91 Å². The van der Waals surface area contributed by atoms with E-state index in [1.807, 2.05) is 0 Å². The van der Waals surface area contributed by atoms with Crippen molar-refractivity contribution in [2.75, 3.05) is 0 Å². The van der Waals surface area contributed by atoms with Gasteiger partial charge in [0, 0.05) is 10.0 Å². The molecule has 5 heteroatoms.